The second kappa shape index (κ2) is 8.38. The fraction of sp³-hybridized carbons (Fsp3) is 0.400. The van der Waals surface area contributed by atoms with Crippen molar-refractivity contribution < 1.29 is 19.0 Å². The molecule has 0 aliphatic carbocycles. The van der Waals surface area contributed by atoms with Gasteiger partial charge in [0, 0.05) is 32.7 Å². The smallest absolute Gasteiger partial charge is 0.161 e. The normalized spacial score (nSPS) is 16.4. The molecule has 6 heteroatoms. The number of ether oxygens (including phenoxy) is 2. The average molecular weight is 360 g/mol. The van der Waals surface area contributed by atoms with E-state index in [1.165, 1.54) is 6.07 Å². The number of benzene rings is 2. The van der Waals surface area contributed by atoms with Crippen LogP contribution in [-0.2, 0) is 0 Å². The minimum absolute atomic E-state index is 0.189. The van der Waals surface area contributed by atoms with E-state index in [1.807, 2.05) is 18.2 Å². The number of aliphatic hydroxyl groups is 1. The summed E-state index contributed by atoms with van der Waals surface area (Å²) in [7, 11) is 3.17. The molecule has 26 heavy (non-hydrogen) atoms. The molecular formula is C20H25FN2O3. The molecule has 0 spiro atoms. The first-order chi connectivity index (χ1) is 12.6. The molecule has 0 amide bonds. The number of aliphatic hydroxyl groups excluding tert-OH is 1. The van der Waals surface area contributed by atoms with Crippen molar-refractivity contribution in [2.75, 3.05) is 51.8 Å². The Morgan fingerprint density at radius 3 is 2.35 bits per heavy atom. The van der Waals surface area contributed by atoms with Crippen LogP contribution in [-0.4, -0.2) is 56.9 Å². The molecule has 1 fully saturated rings. The predicted molar refractivity (Wildman–Crippen MR) is 99.6 cm³/mol. The second-order valence-corrected chi connectivity index (χ2v) is 6.37. The van der Waals surface area contributed by atoms with E-state index in [1.54, 1.807) is 32.4 Å². The molecular weight excluding hydrogens is 335 g/mol. The highest BCUT2D eigenvalue weighted by Gasteiger charge is 2.22. The Kier molecular flexibility index (Phi) is 5.96. The number of nitrogens with zero attached hydrogens (tertiary/aromatic N) is 2. The number of piperazine rings is 1. The zero-order valence-electron chi connectivity index (χ0n) is 15.2. The molecule has 2 aromatic carbocycles. The van der Waals surface area contributed by atoms with Crippen molar-refractivity contribution in [3.8, 4) is 11.5 Å². The van der Waals surface area contributed by atoms with E-state index in [2.05, 4.69) is 9.80 Å². The predicted octanol–water partition coefficient (Wildman–Crippen LogP) is 2.70. The largest absolute Gasteiger partial charge is 0.493 e. The van der Waals surface area contributed by atoms with Gasteiger partial charge in [0.1, 0.15) is 5.82 Å². The number of hydrogen-bond donors (Lipinski definition) is 1. The Hall–Kier alpha value is -2.31. The lowest BCUT2D eigenvalue weighted by Gasteiger charge is -2.37. The third-order valence-corrected chi connectivity index (χ3v) is 4.79. The number of rotatable bonds is 6. The van der Waals surface area contributed by atoms with E-state index in [4.69, 9.17) is 9.47 Å². The highest BCUT2D eigenvalue weighted by molar-refractivity contribution is 5.48. The van der Waals surface area contributed by atoms with E-state index in [0.29, 0.717) is 23.7 Å². The van der Waals surface area contributed by atoms with E-state index in [0.717, 1.165) is 31.7 Å². The number of halogens is 1. The van der Waals surface area contributed by atoms with Crippen LogP contribution in [0, 0.1) is 5.82 Å². The highest BCUT2D eigenvalue weighted by atomic mass is 19.1. The van der Waals surface area contributed by atoms with Crippen LogP contribution in [0.5, 0.6) is 11.5 Å². The lowest BCUT2D eigenvalue weighted by molar-refractivity contribution is 0.109. The molecule has 1 heterocycles. The zero-order chi connectivity index (χ0) is 18.5. The average Bonchev–Trinajstić information content (AvgIpc) is 2.68. The molecule has 0 aromatic heterocycles. The van der Waals surface area contributed by atoms with Gasteiger partial charge in [-0.3, -0.25) is 4.90 Å². The van der Waals surface area contributed by atoms with Crippen LogP contribution >= 0.6 is 0 Å². The standard InChI is InChI=1S/C20H25FN2O3/c1-25-19-8-7-15(13-20(19)26-2)18(24)14-22-9-11-23(12-10-22)17-6-4-3-5-16(17)21/h3-8,13,18,24H,9-12,14H2,1-2H3/t18-/m1/s1. The van der Waals surface area contributed by atoms with Crippen LogP contribution in [0.4, 0.5) is 10.1 Å². The van der Waals surface area contributed by atoms with E-state index >= 15 is 0 Å². The van der Waals surface area contributed by atoms with Crippen molar-refractivity contribution in [1.82, 2.24) is 4.90 Å². The van der Waals surface area contributed by atoms with Crippen molar-refractivity contribution in [3.63, 3.8) is 0 Å². The summed E-state index contributed by atoms with van der Waals surface area (Å²) in [6.45, 7) is 3.55. The number of para-hydroxylation sites is 1. The topological polar surface area (TPSA) is 45.2 Å². The van der Waals surface area contributed by atoms with Crippen molar-refractivity contribution >= 4 is 5.69 Å². The summed E-state index contributed by atoms with van der Waals surface area (Å²) < 4.78 is 24.4. The fourth-order valence-corrected chi connectivity index (χ4v) is 3.29. The fourth-order valence-electron chi connectivity index (χ4n) is 3.29. The molecule has 1 atom stereocenters. The summed E-state index contributed by atoms with van der Waals surface area (Å²) in [6.07, 6.45) is -0.616. The van der Waals surface area contributed by atoms with Gasteiger partial charge in [0.2, 0.25) is 0 Å². The van der Waals surface area contributed by atoms with Crippen LogP contribution < -0.4 is 14.4 Å². The third-order valence-electron chi connectivity index (χ3n) is 4.79. The Labute approximate surface area is 153 Å². The molecule has 0 unspecified atom stereocenters. The summed E-state index contributed by atoms with van der Waals surface area (Å²) in [5.41, 5.74) is 1.44. The Bertz CT molecular complexity index is 733. The van der Waals surface area contributed by atoms with Crippen LogP contribution in [0.3, 0.4) is 0 Å². The molecule has 1 N–H and O–H groups in total. The number of hydrogen-bond acceptors (Lipinski definition) is 5. The van der Waals surface area contributed by atoms with Gasteiger partial charge in [-0.25, -0.2) is 4.39 Å². The Morgan fingerprint density at radius 2 is 1.69 bits per heavy atom. The second-order valence-electron chi connectivity index (χ2n) is 6.37. The lowest BCUT2D eigenvalue weighted by Crippen LogP contribution is -2.47. The van der Waals surface area contributed by atoms with Gasteiger partial charge in [-0.2, -0.15) is 0 Å². The van der Waals surface area contributed by atoms with E-state index in [9.17, 15) is 9.50 Å². The molecule has 0 bridgehead atoms. The molecule has 3 rings (SSSR count). The molecule has 1 aliphatic heterocycles. The Morgan fingerprint density at radius 1 is 1.00 bits per heavy atom. The molecule has 0 saturated carbocycles. The maximum Gasteiger partial charge on any atom is 0.161 e. The molecule has 1 saturated heterocycles. The van der Waals surface area contributed by atoms with Gasteiger partial charge >= 0.3 is 0 Å². The van der Waals surface area contributed by atoms with Gasteiger partial charge in [-0.05, 0) is 29.8 Å². The summed E-state index contributed by atoms with van der Waals surface area (Å²) in [5, 5.41) is 10.6. The summed E-state index contributed by atoms with van der Waals surface area (Å²) in [4.78, 5) is 4.24. The van der Waals surface area contributed by atoms with Gasteiger partial charge < -0.3 is 19.5 Å². The maximum absolute atomic E-state index is 13.9. The minimum Gasteiger partial charge on any atom is -0.493 e. The van der Waals surface area contributed by atoms with E-state index < -0.39 is 6.10 Å². The molecule has 5 nitrogen and oxygen atoms in total. The maximum atomic E-state index is 13.9. The third kappa shape index (κ3) is 4.08. The highest BCUT2D eigenvalue weighted by Crippen LogP contribution is 2.30. The first-order valence-corrected chi connectivity index (χ1v) is 8.74. The van der Waals surface area contributed by atoms with Gasteiger partial charge in [0.15, 0.2) is 11.5 Å². The van der Waals surface area contributed by atoms with Crippen molar-refractivity contribution in [2.24, 2.45) is 0 Å². The molecule has 0 radical (unpaired) electrons. The van der Waals surface area contributed by atoms with E-state index in [-0.39, 0.29) is 5.82 Å². The van der Waals surface area contributed by atoms with Gasteiger partial charge in [0.25, 0.3) is 0 Å². The van der Waals surface area contributed by atoms with Gasteiger partial charge in [0.05, 0.1) is 26.0 Å². The Balaban J connectivity index is 1.58. The quantitative estimate of drug-likeness (QED) is 0.858. The number of methoxy groups -OCH3 is 2. The molecule has 140 valence electrons. The first-order valence-electron chi connectivity index (χ1n) is 8.74. The van der Waals surface area contributed by atoms with Crippen molar-refractivity contribution in [3.05, 3.63) is 53.8 Å². The van der Waals surface area contributed by atoms with Gasteiger partial charge in [-0.1, -0.05) is 18.2 Å². The zero-order valence-corrected chi connectivity index (χ0v) is 15.2. The summed E-state index contributed by atoms with van der Waals surface area (Å²) >= 11 is 0. The van der Waals surface area contributed by atoms with Crippen molar-refractivity contribution in [1.29, 1.82) is 0 Å². The van der Waals surface area contributed by atoms with Crippen LogP contribution in [0.1, 0.15) is 11.7 Å². The number of anilines is 1. The van der Waals surface area contributed by atoms with Crippen LogP contribution in [0.2, 0.25) is 0 Å². The van der Waals surface area contributed by atoms with Crippen molar-refractivity contribution in [2.45, 2.75) is 6.10 Å². The SMILES string of the molecule is COc1ccc([C@H](O)CN2CCN(c3ccccc3F)CC2)cc1OC. The monoisotopic (exact) mass is 360 g/mol. The first kappa shape index (κ1) is 18.5. The lowest BCUT2D eigenvalue weighted by atomic mass is 10.1. The van der Waals surface area contributed by atoms with Crippen LogP contribution in [0.25, 0.3) is 0 Å². The minimum atomic E-state index is -0.616. The van der Waals surface area contributed by atoms with Crippen LogP contribution in [0.15, 0.2) is 42.5 Å². The summed E-state index contributed by atoms with van der Waals surface area (Å²) in [6, 6.07) is 12.3. The summed E-state index contributed by atoms with van der Waals surface area (Å²) in [5.74, 6) is 1.06. The molecule has 2 aromatic rings. The van der Waals surface area contributed by atoms with Gasteiger partial charge in [-0.15, -0.1) is 0 Å². The number of β-amino-alcohol motifs (C(OH)–C–C–N with tert-alkyl or cyclic N) is 1. The molecule has 1 aliphatic rings.